The van der Waals surface area contributed by atoms with E-state index in [1.807, 2.05) is 0 Å². The molecule has 0 aliphatic heterocycles. The number of aromatic nitrogens is 1. The molecule has 17 heavy (non-hydrogen) atoms. The molecule has 0 saturated heterocycles. The molecule has 0 bridgehead atoms. The van der Waals surface area contributed by atoms with Gasteiger partial charge in [-0.25, -0.2) is 4.98 Å². The number of hydrogen-bond donors (Lipinski definition) is 0. The van der Waals surface area contributed by atoms with Crippen LogP contribution in [0, 0.1) is 0 Å². The minimum atomic E-state index is -4.48. The van der Waals surface area contributed by atoms with Gasteiger partial charge in [0, 0.05) is 5.39 Å². The number of benzene rings is 1. The van der Waals surface area contributed by atoms with Crippen LogP contribution in [0.5, 0.6) is 5.75 Å². The lowest BCUT2D eigenvalue weighted by Crippen LogP contribution is -2.06. The monoisotopic (exact) mass is 261 g/mol. The van der Waals surface area contributed by atoms with Crippen LogP contribution in [-0.2, 0) is 6.18 Å². The Balaban J connectivity index is 2.80. The van der Waals surface area contributed by atoms with Crippen molar-refractivity contribution in [2.24, 2.45) is 0 Å². The summed E-state index contributed by atoms with van der Waals surface area (Å²) in [6.07, 6.45) is -4.48. The molecule has 0 radical (unpaired) electrons. The van der Waals surface area contributed by atoms with Gasteiger partial charge >= 0.3 is 6.18 Å². The van der Waals surface area contributed by atoms with Gasteiger partial charge in [-0.15, -0.1) is 0 Å². The van der Waals surface area contributed by atoms with Gasteiger partial charge in [0.1, 0.15) is 10.9 Å². The third-order valence-electron chi connectivity index (χ3n) is 2.29. The Labute approximate surface area is 100.0 Å². The number of methoxy groups -OCH3 is 1. The zero-order chi connectivity index (χ0) is 12.6. The molecule has 2 nitrogen and oxygen atoms in total. The molecule has 2 rings (SSSR count). The Bertz CT molecular complexity index is 568. The SMILES string of the molecule is COc1ccc2nc(Cl)cc(C(F)(F)F)c2c1. The van der Waals surface area contributed by atoms with Crippen molar-refractivity contribution in [2.45, 2.75) is 6.18 Å². The second kappa shape index (κ2) is 4.07. The molecule has 0 amide bonds. The van der Waals surface area contributed by atoms with Gasteiger partial charge in [-0.2, -0.15) is 13.2 Å². The summed E-state index contributed by atoms with van der Waals surface area (Å²) in [7, 11) is 1.39. The average molecular weight is 262 g/mol. The van der Waals surface area contributed by atoms with Crippen LogP contribution in [0.15, 0.2) is 24.3 Å². The number of hydrogen-bond acceptors (Lipinski definition) is 2. The number of alkyl halides is 3. The minimum absolute atomic E-state index is 0.0266. The van der Waals surface area contributed by atoms with Crippen molar-refractivity contribution in [3.8, 4) is 5.75 Å². The van der Waals surface area contributed by atoms with Crippen LogP contribution >= 0.6 is 11.6 Å². The first-order chi connectivity index (χ1) is 7.91. The first-order valence-corrected chi connectivity index (χ1v) is 5.01. The highest BCUT2D eigenvalue weighted by Gasteiger charge is 2.33. The molecule has 0 atom stereocenters. The lowest BCUT2D eigenvalue weighted by molar-refractivity contribution is -0.136. The van der Waals surface area contributed by atoms with Gasteiger partial charge in [0.2, 0.25) is 0 Å². The summed E-state index contributed by atoms with van der Waals surface area (Å²) in [6, 6.07) is 5.08. The quantitative estimate of drug-likeness (QED) is 0.726. The second-order valence-electron chi connectivity index (χ2n) is 3.37. The lowest BCUT2D eigenvalue weighted by atomic mass is 10.1. The minimum Gasteiger partial charge on any atom is -0.497 e. The molecule has 0 fully saturated rings. The number of rotatable bonds is 1. The Hall–Kier alpha value is -1.49. The van der Waals surface area contributed by atoms with Crippen LogP contribution in [-0.4, -0.2) is 12.1 Å². The van der Waals surface area contributed by atoms with Gasteiger partial charge in [0.25, 0.3) is 0 Å². The van der Waals surface area contributed by atoms with Crippen LogP contribution in [0.3, 0.4) is 0 Å². The molecule has 2 aromatic rings. The van der Waals surface area contributed by atoms with Crippen LogP contribution in [0.1, 0.15) is 5.56 Å². The summed E-state index contributed by atoms with van der Waals surface area (Å²) in [6.45, 7) is 0. The zero-order valence-electron chi connectivity index (χ0n) is 8.68. The summed E-state index contributed by atoms with van der Waals surface area (Å²) in [5.41, 5.74) is -0.628. The van der Waals surface area contributed by atoms with Gasteiger partial charge in [0.15, 0.2) is 0 Å². The van der Waals surface area contributed by atoms with E-state index in [4.69, 9.17) is 16.3 Å². The highest BCUT2D eigenvalue weighted by atomic mass is 35.5. The van der Waals surface area contributed by atoms with E-state index < -0.39 is 11.7 Å². The molecule has 90 valence electrons. The molecule has 1 aromatic carbocycles. The summed E-state index contributed by atoms with van der Waals surface area (Å²) >= 11 is 5.56. The predicted molar refractivity (Wildman–Crippen MR) is 58.3 cm³/mol. The summed E-state index contributed by atoms with van der Waals surface area (Å²) in [4.78, 5) is 3.84. The van der Waals surface area contributed by atoms with Crippen LogP contribution in [0.4, 0.5) is 13.2 Å². The molecular weight excluding hydrogens is 255 g/mol. The van der Waals surface area contributed by atoms with Crippen molar-refractivity contribution in [3.63, 3.8) is 0 Å². The van der Waals surface area contributed by atoms with E-state index >= 15 is 0 Å². The predicted octanol–water partition coefficient (Wildman–Crippen LogP) is 3.92. The van der Waals surface area contributed by atoms with Gasteiger partial charge in [-0.1, -0.05) is 11.6 Å². The fraction of sp³-hybridized carbons (Fsp3) is 0.182. The Morgan fingerprint density at radius 2 is 1.94 bits per heavy atom. The molecule has 6 heteroatoms. The maximum Gasteiger partial charge on any atom is 0.417 e. The fourth-order valence-corrected chi connectivity index (χ4v) is 1.73. The van der Waals surface area contributed by atoms with E-state index in [0.717, 1.165) is 6.07 Å². The van der Waals surface area contributed by atoms with Crippen molar-refractivity contribution in [3.05, 3.63) is 35.0 Å². The normalized spacial score (nSPS) is 11.8. The molecule has 0 aliphatic rings. The smallest absolute Gasteiger partial charge is 0.417 e. The van der Waals surface area contributed by atoms with Gasteiger partial charge in [-0.05, 0) is 24.3 Å². The van der Waals surface area contributed by atoms with Crippen LogP contribution in [0.2, 0.25) is 5.15 Å². The summed E-state index contributed by atoms with van der Waals surface area (Å²) in [5.74, 6) is 0.340. The summed E-state index contributed by atoms with van der Waals surface area (Å²) in [5, 5.41) is -0.212. The molecule has 1 aromatic heterocycles. The first-order valence-electron chi connectivity index (χ1n) is 4.63. The van der Waals surface area contributed by atoms with E-state index in [1.165, 1.54) is 25.3 Å². The number of nitrogens with zero attached hydrogens (tertiary/aromatic N) is 1. The standard InChI is InChI=1S/C11H7ClF3NO/c1-17-6-2-3-9-7(4-6)8(11(13,14)15)5-10(12)16-9/h2-5H,1H3. The molecular formula is C11H7ClF3NO. The van der Waals surface area contributed by atoms with Crippen molar-refractivity contribution in [2.75, 3.05) is 7.11 Å². The Morgan fingerprint density at radius 3 is 2.53 bits per heavy atom. The highest BCUT2D eigenvalue weighted by molar-refractivity contribution is 6.30. The number of halogens is 4. The van der Waals surface area contributed by atoms with Crippen LogP contribution in [0.25, 0.3) is 10.9 Å². The fourth-order valence-electron chi connectivity index (χ4n) is 1.53. The van der Waals surface area contributed by atoms with Crippen LogP contribution < -0.4 is 4.74 Å². The molecule has 0 spiro atoms. The molecule has 0 unspecified atom stereocenters. The highest BCUT2D eigenvalue weighted by Crippen LogP contribution is 2.36. The Morgan fingerprint density at radius 1 is 1.24 bits per heavy atom. The van der Waals surface area contributed by atoms with Gasteiger partial charge < -0.3 is 4.74 Å². The van der Waals surface area contributed by atoms with Gasteiger partial charge in [-0.3, -0.25) is 0 Å². The Kier molecular flexibility index (Phi) is 2.87. The third-order valence-corrected chi connectivity index (χ3v) is 2.48. The largest absolute Gasteiger partial charge is 0.497 e. The van der Waals surface area contributed by atoms with Crippen molar-refractivity contribution >= 4 is 22.5 Å². The van der Waals surface area contributed by atoms with E-state index in [9.17, 15) is 13.2 Å². The lowest BCUT2D eigenvalue weighted by Gasteiger charge is -2.11. The average Bonchev–Trinajstić information content (AvgIpc) is 2.26. The van der Waals surface area contributed by atoms with E-state index in [2.05, 4.69) is 4.98 Å². The maximum atomic E-state index is 12.8. The van der Waals surface area contributed by atoms with Crippen molar-refractivity contribution in [1.29, 1.82) is 0 Å². The van der Waals surface area contributed by atoms with E-state index in [-0.39, 0.29) is 16.1 Å². The molecule has 1 heterocycles. The number of pyridine rings is 1. The third kappa shape index (κ3) is 2.29. The number of fused-ring (bicyclic) bond motifs is 1. The van der Waals surface area contributed by atoms with Gasteiger partial charge in [0.05, 0.1) is 18.2 Å². The molecule has 0 saturated carbocycles. The molecule has 0 N–H and O–H groups in total. The van der Waals surface area contributed by atoms with Crippen molar-refractivity contribution < 1.29 is 17.9 Å². The zero-order valence-corrected chi connectivity index (χ0v) is 9.43. The molecule has 0 aliphatic carbocycles. The second-order valence-corrected chi connectivity index (χ2v) is 3.76. The summed E-state index contributed by atoms with van der Waals surface area (Å²) < 4.78 is 43.3. The maximum absolute atomic E-state index is 12.8. The first kappa shape index (κ1) is 12.0. The topological polar surface area (TPSA) is 22.1 Å². The van der Waals surface area contributed by atoms with E-state index in [0.29, 0.717) is 5.75 Å². The van der Waals surface area contributed by atoms with E-state index in [1.54, 1.807) is 0 Å². The van der Waals surface area contributed by atoms with Crippen molar-refractivity contribution in [1.82, 2.24) is 4.98 Å². The number of ether oxygens (including phenoxy) is 1.